The van der Waals surface area contributed by atoms with Crippen molar-refractivity contribution in [1.29, 1.82) is 0 Å². The van der Waals surface area contributed by atoms with Gasteiger partial charge in [-0.2, -0.15) is 9.50 Å². The molecule has 136 valence electrons. The molecule has 3 heterocycles. The molecule has 26 heavy (non-hydrogen) atoms. The lowest BCUT2D eigenvalue weighted by Gasteiger charge is -2.31. The van der Waals surface area contributed by atoms with Gasteiger partial charge in [-0.3, -0.25) is 14.8 Å². The Hall–Kier alpha value is -2.71. The Bertz CT molecular complexity index is 954. The van der Waals surface area contributed by atoms with Gasteiger partial charge in [0, 0.05) is 44.4 Å². The zero-order valence-electron chi connectivity index (χ0n) is 15.0. The molecule has 1 aromatic carbocycles. The number of H-pyrrole nitrogens is 1. The molecule has 0 unspecified atom stereocenters. The van der Waals surface area contributed by atoms with Crippen LogP contribution in [0.1, 0.15) is 5.69 Å². The van der Waals surface area contributed by atoms with Crippen LogP contribution in [0.5, 0.6) is 5.75 Å². The van der Waals surface area contributed by atoms with E-state index in [2.05, 4.69) is 31.9 Å². The summed E-state index contributed by atoms with van der Waals surface area (Å²) < 4.78 is 6.55. The summed E-state index contributed by atoms with van der Waals surface area (Å²) in [6, 6.07) is 9.09. The van der Waals surface area contributed by atoms with Crippen molar-refractivity contribution in [3.63, 3.8) is 0 Å². The highest BCUT2D eigenvalue weighted by atomic mass is 16.5. The highest BCUT2D eigenvalue weighted by Crippen LogP contribution is 2.19. The number of hydrogen-bond acceptors (Lipinski definition) is 6. The summed E-state index contributed by atoms with van der Waals surface area (Å²) in [4.78, 5) is 26.1. The summed E-state index contributed by atoms with van der Waals surface area (Å²) in [6.07, 6.45) is 0. The van der Waals surface area contributed by atoms with Crippen molar-refractivity contribution in [3.05, 3.63) is 46.4 Å². The molecular formula is C18H22N6O2. The standard InChI is InChI=1S/C18H22N6O2/c1-22-7-9-23(10-8-22)12-14-11-16(25)24-18(19-14)20-17(21-24)13-3-5-15(26-2)6-4-13/h3-6,11H,7-10,12H2,1-2H3,(H,19,20,21). The zero-order valence-corrected chi connectivity index (χ0v) is 15.0. The molecule has 1 aliphatic heterocycles. The SMILES string of the molecule is COc1ccc(-c2nc3nc(CN4CCN(C)CC4)cc(=O)n3[nH]2)cc1. The summed E-state index contributed by atoms with van der Waals surface area (Å²) in [5.74, 6) is 1.77. The average Bonchev–Trinajstić information content (AvgIpc) is 3.08. The van der Waals surface area contributed by atoms with Crippen LogP contribution in [-0.4, -0.2) is 69.7 Å². The second kappa shape index (κ2) is 6.89. The Morgan fingerprint density at radius 3 is 2.54 bits per heavy atom. The van der Waals surface area contributed by atoms with Crippen LogP contribution in [0.3, 0.4) is 0 Å². The summed E-state index contributed by atoms with van der Waals surface area (Å²) in [7, 11) is 3.75. The first-order valence-corrected chi connectivity index (χ1v) is 8.66. The number of nitrogens with zero attached hydrogens (tertiary/aromatic N) is 5. The molecule has 1 N–H and O–H groups in total. The van der Waals surface area contributed by atoms with Crippen molar-refractivity contribution < 1.29 is 4.74 Å². The lowest BCUT2D eigenvalue weighted by molar-refractivity contribution is 0.147. The summed E-state index contributed by atoms with van der Waals surface area (Å²) in [6.45, 7) is 4.70. The molecule has 0 bridgehead atoms. The minimum atomic E-state index is -0.147. The van der Waals surface area contributed by atoms with E-state index in [1.54, 1.807) is 13.2 Å². The number of ether oxygens (including phenoxy) is 1. The van der Waals surface area contributed by atoms with E-state index < -0.39 is 0 Å². The highest BCUT2D eigenvalue weighted by molar-refractivity contribution is 5.58. The lowest BCUT2D eigenvalue weighted by Crippen LogP contribution is -2.44. The Balaban J connectivity index is 1.61. The fraction of sp³-hybridized carbons (Fsp3) is 0.389. The third kappa shape index (κ3) is 3.33. The maximum Gasteiger partial charge on any atom is 0.274 e. The van der Waals surface area contributed by atoms with Gasteiger partial charge in [-0.05, 0) is 31.3 Å². The minimum Gasteiger partial charge on any atom is -0.497 e. The quantitative estimate of drug-likeness (QED) is 0.748. The van der Waals surface area contributed by atoms with E-state index in [4.69, 9.17) is 4.74 Å². The molecule has 8 nitrogen and oxygen atoms in total. The zero-order chi connectivity index (χ0) is 18.1. The van der Waals surface area contributed by atoms with Crippen LogP contribution < -0.4 is 10.3 Å². The fourth-order valence-corrected chi connectivity index (χ4v) is 3.12. The van der Waals surface area contributed by atoms with E-state index in [1.165, 1.54) is 4.52 Å². The molecule has 1 aliphatic rings. The van der Waals surface area contributed by atoms with Gasteiger partial charge in [0.25, 0.3) is 11.3 Å². The van der Waals surface area contributed by atoms with Gasteiger partial charge >= 0.3 is 0 Å². The van der Waals surface area contributed by atoms with Crippen LogP contribution in [0.4, 0.5) is 0 Å². The van der Waals surface area contributed by atoms with Crippen LogP contribution in [0, 0.1) is 0 Å². The van der Waals surface area contributed by atoms with Gasteiger partial charge < -0.3 is 9.64 Å². The normalized spacial score (nSPS) is 16.2. The molecule has 2 aromatic heterocycles. The number of hydrogen-bond donors (Lipinski definition) is 1. The molecular weight excluding hydrogens is 332 g/mol. The van der Waals surface area contributed by atoms with Gasteiger partial charge in [0.1, 0.15) is 5.75 Å². The Morgan fingerprint density at radius 1 is 1.12 bits per heavy atom. The number of fused-ring (bicyclic) bond motifs is 1. The predicted molar refractivity (Wildman–Crippen MR) is 98.4 cm³/mol. The van der Waals surface area contributed by atoms with Crippen molar-refractivity contribution in [1.82, 2.24) is 29.4 Å². The summed E-state index contributed by atoms with van der Waals surface area (Å²) in [5.41, 5.74) is 1.48. The van der Waals surface area contributed by atoms with E-state index in [0.717, 1.165) is 43.2 Å². The van der Waals surface area contributed by atoms with E-state index in [9.17, 15) is 4.79 Å². The topological polar surface area (TPSA) is 78.8 Å². The van der Waals surface area contributed by atoms with E-state index in [1.807, 2.05) is 24.3 Å². The van der Waals surface area contributed by atoms with Gasteiger partial charge in [0.05, 0.1) is 12.8 Å². The highest BCUT2D eigenvalue weighted by Gasteiger charge is 2.16. The average molecular weight is 354 g/mol. The number of likely N-dealkylation sites (N-methyl/N-ethyl adjacent to an activating group) is 1. The molecule has 0 aliphatic carbocycles. The third-order valence-corrected chi connectivity index (χ3v) is 4.73. The summed E-state index contributed by atoms with van der Waals surface area (Å²) in [5, 5.41) is 3.02. The first kappa shape index (κ1) is 16.7. The van der Waals surface area contributed by atoms with Crippen LogP contribution in [0.2, 0.25) is 0 Å². The third-order valence-electron chi connectivity index (χ3n) is 4.73. The predicted octanol–water partition coefficient (Wildman–Crippen LogP) is 0.841. The molecule has 4 rings (SSSR count). The maximum absolute atomic E-state index is 12.4. The van der Waals surface area contributed by atoms with Crippen molar-refractivity contribution in [2.45, 2.75) is 6.54 Å². The van der Waals surface area contributed by atoms with Crippen LogP contribution in [0.25, 0.3) is 17.2 Å². The van der Waals surface area contributed by atoms with E-state index in [0.29, 0.717) is 18.1 Å². The Morgan fingerprint density at radius 2 is 1.85 bits per heavy atom. The van der Waals surface area contributed by atoms with Crippen molar-refractivity contribution in [2.75, 3.05) is 40.3 Å². The number of rotatable bonds is 4. The molecule has 1 saturated heterocycles. The number of benzene rings is 1. The van der Waals surface area contributed by atoms with Crippen molar-refractivity contribution in [2.24, 2.45) is 0 Å². The van der Waals surface area contributed by atoms with Crippen LogP contribution >= 0.6 is 0 Å². The van der Waals surface area contributed by atoms with Crippen molar-refractivity contribution >= 4 is 5.78 Å². The van der Waals surface area contributed by atoms with Crippen LogP contribution in [-0.2, 0) is 6.54 Å². The molecule has 3 aromatic rings. The Labute approximate surface area is 151 Å². The van der Waals surface area contributed by atoms with Gasteiger partial charge in [0.15, 0.2) is 5.82 Å². The van der Waals surface area contributed by atoms with Crippen molar-refractivity contribution in [3.8, 4) is 17.1 Å². The second-order valence-electron chi connectivity index (χ2n) is 6.60. The fourth-order valence-electron chi connectivity index (χ4n) is 3.12. The summed E-state index contributed by atoms with van der Waals surface area (Å²) >= 11 is 0. The molecule has 1 fully saturated rings. The minimum absolute atomic E-state index is 0.147. The van der Waals surface area contributed by atoms with E-state index >= 15 is 0 Å². The number of methoxy groups -OCH3 is 1. The lowest BCUT2D eigenvalue weighted by atomic mass is 10.2. The maximum atomic E-state index is 12.4. The number of nitrogens with one attached hydrogen (secondary N) is 1. The van der Waals surface area contributed by atoms with Crippen LogP contribution in [0.15, 0.2) is 35.1 Å². The first-order valence-electron chi connectivity index (χ1n) is 8.66. The largest absolute Gasteiger partial charge is 0.497 e. The van der Waals surface area contributed by atoms with Gasteiger partial charge in [-0.15, -0.1) is 0 Å². The van der Waals surface area contributed by atoms with Gasteiger partial charge in [-0.25, -0.2) is 4.98 Å². The molecule has 0 radical (unpaired) electrons. The molecule has 0 amide bonds. The number of aromatic nitrogens is 4. The number of piperazine rings is 1. The van der Waals surface area contributed by atoms with E-state index in [-0.39, 0.29) is 5.56 Å². The smallest absolute Gasteiger partial charge is 0.274 e. The molecule has 0 spiro atoms. The Kier molecular flexibility index (Phi) is 4.44. The van der Waals surface area contributed by atoms with Gasteiger partial charge in [-0.1, -0.05) is 0 Å². The monoisotopic (exact) mass is 354 g/mol. The molecule has 0 saturated carbocycles. The van der Waals surface area contributed by atoms with Gasteiger partial charge in [0.2, 0.25) is 0 Å². The number of aromatic amines is 1. The second-order valence-corrected chi connectivity index (χ2v) is 6.60. The molecule has 0 atom stereocenters. The first-order chi connectivity index (χ1) is 12.6. The molecule has 8 heteroatoms.